The fourth-order valence-corrected chi connectivity index (χ4v) is 4.30. The second kappa shape index (κ2) is 12.2. The van der Waals surface area contributed by atoms with Gasteiger partial charge >= 0.3 is 12.4 Å². The van der Waals surface area contributed by atoms with E-state index in [0.29, 0.717) is 31.9 Å². The predicted molar refractivity (Wildman–Crippen MR) is 123 cm³/mol. The van der Waals surface area contributed by atoms with E-state index < -0.39 is 18.4 Å². The molecule has 12 heteroatoms. The van der Waals surface area contributed by atoms with Crippen molar-refractivity contribution in [3.05, 3.63) is 24.3 Å². The zero-order valence-corrected chi connectivity index (χ0v) is 19.7. The molecule has 35 heavy (non-hydrogen) atoms. The molecule has 1 aliphatic carbocycles. The standard InChI is InChI=1S/C23H32F3N5O4/c1-16(21(33)29-22(34)28-17-5-3-2-4-6-17)31-13-11-30(12-14-31)15-20(32)27-18-7-9-19(10-8-18)35-23(24,25)26/h7-10,16-17H,2-6,11-15H2,1H3,(H,27,32)(H2,28,29,33,34). The molecule has 1 saturated heterocycles. The van der Waals surface area contributed by atoms with Crippen LogP contribution in [0.25, 0.3) is 0 Å². The van der Waals surface area contributed by atoms with Crippen LogP contribution in [0, 0.1) is 0 Å². The van der Waals surface area contributed by atoms with Gasteiger partial charge < -0.3 is 15.4 Å². The van der Waals surface area contributed by atoms with Crippen molar-refractivity contribution < 1.29 is 32.3 Å². The molecule has 1 atom stereocenters. The Hall–Kier alpha value is -2.86. The van der Waals surface area contributed by atoms with E-state index in [1.54, 1.807) is 6.92 Å². The van der Waals surface area contributed by atoms with Gasteiger partial charge in [0.05, 0.1) is 12.6 Å². The summed E-state index contributed by atoms with van der Waals surface area (Å²) in [4.78, 5) is 40.8. The first-order valence-corrected chi connectivity index (χ1v) is 11.8. The summed E-state index contributed by atoms with van der Waals surface area (Å²) in [5.41, 5.74) is 0.361. The van der Waals surface area contributed by atoms with Gasteiger partial charge in [-0.05, 0) is 44.0 Å². The predicted octanol–water partition coefficient (Wildman–Crippen LogP) is 2.69. The van der Waals surface area contributed by atoms with Gasteiger partial charge in [-0.1, -0.05) is 19.3 Å². The van der Waals surface area contributed by atoms with E-state index in [4.69, 9.17) is 0 Å². The quantitative estimate of drug-likeness (QED) is 0.533. The summed E-state index contributed by atoms with van der Waals surface area (Å²) in [6.45, 7) is 4.07. The van der Waals surface area contributed by atoms with Crippen molar-refractivity contribution in [1.82, 2.24) is 20.4 Å². The largest absolute Gasteiger partial charge is 0.573 e. The fraction of sp³-hybridized carbons (Fsp3) is 0.609. The topological polar surface area (TPSA) is 103 Å². The average Bonchev–Trinajstić information content (AvgIpc) is 2.80. The maximum absolute atomic E-state index is 12.5. The summed E-state index contributed by atoms with van der Waals surface area (Å²) in [6.07, 6.45) is 0.445. The van der Waals surface area contributed by atoms with Crippen molar-refractivity contribution in [2.24, 2.45) is 0 Å². The first kappa shape index (κ1) is 26.7. The second-order valence-electron chi connectivity index (χ2n) is 8.91. The number of nitrogens with zero attached hydrogens (tertiary/aromatic N) is 2. The molecule has 3 rings (SSSR count). The third kappa shape index (κ3) is 9.02. The summed E-state index contributed by atoms with van der Waals surface area (Å²) >= 11 is 0. The van der Waals surface area contributed by atoms with Crippen LogP contribution >= 0.6 is 0 Å². The lowest BCUT2D eigenvalue weighted by atomic mass is 9.96. The van der Waals surface area contributed by atoms with E-state index >= 15 is 0 Å². The van der Waals surface area contributed by atoms with Crippen molar-refractivity contribution in [1.29, 1.82) is 0 Å². The fourth-order valence-electron chi connectivity index (χ4n) is 4.30. The lowest BCUT2D eigenvalue weighted by Gasteiger charge is -2.37. The van der Waals surface area contributed by atoms with E-state index in [1.165, 1.54) is 18.6 Å². The third-order valence-electron chi connectivity index (χ3n) is 6.25. The lowest BCUT2D eigenvalue weighted by Crippen LogP contribution is -2.56. The number of hydrogen-bond donors (Lipinski definition) is 3. The molecule has 0 bridgehead atoms. The summed E-state index contributed by atoms with van der Waals surface area (Å²) in [5.74, 6) is -1.02. The van der Waals surface area contributed by atoms with Crippen LogP contribution in [0.1, 0.15) is 39.0 Å². The minimum atomic E-state index is -4.77. The van der Waals surface area contributed by atoms with Crippen LogP contribution in [-0.2, 0) is 9.59 Å². The van der Waals surface area contributed by atoms with E-state index in [1.807, 2.05) is 9.80 Å². The molecule has 3 N–H and O–H groups in total. The van der Waals surface area contributed by atoms with E-state index in [-0.39, 0.29) is 30.2 Å². The second-order valence-corrected chi connectivity index (χ2v) is 8.91. The SMILES string of the molecule is CC(C(=O)NC(=O)NC1CCCCC1)N1CCN(CC(=O)Nc2ccc(OC(F)(F)F)cc2)CC1. The molecule has 1 heterocycles. The molecule has 1 aliphatic heterocycles. The average molecular weight is 500 g/mol. The third-order valence-corrected chi connectivity index (χ3v) is 6.25. The van der Waals surface area contributed by atoms with Gasteiger partial charge in [0.25, 0.3) is 0 Å². The number of rotatable bonds is 7. The number of nitrogens with one attached hydrogen (secondary N) is 3. The van der Waals surface area contributed by atoms with E-state index in [9.17, 15) is 27.6 Å². The van der Waals surface area contributed by atoms with Crippen molar-refractivity contribution in [2.45, 2.75) is 57.5 Å². The minimum absolute atomic E-state index is 0.110. The molecule has 4 amide bonds. The van der Waals surface area contributed by atoms with E-state index in [2.05, 4.69) is 20.7 Å². The van der Waals surface area contributed by atoms with Crippen LogP contribution < -0.4 is 20.7 Å². The molecule has 2 fully saturated rings. The summed E-state index contributed by atoms with van der Waals surface area (Å²) in [5, 5.41) is 7.95. The van der Waals surface area contributed by atoms with Crippen LogP contribution in [-0.4, -0.2) is 78.8 Å². The zero-order chi connectivity index (χ0) is 25.4. The number of carbonyl (C=O) groups excluding carboxylic acids is 3. The zero-order valence-electron chi connectivity index (χ0n) is 19.7. The summed E-state index contributed by atoms with van der Waals surface area (Å²) in [6, 6.07) is 4.10. The highest BCUT2D eigenvalue weighted by molar-refractivity contribution is 5.97. The van der Waals surface area contributed by atoms with Crippen molar-refractivity contribution >= 4 is 23.5 Å². The first-order valence-electron chi connectivity index (χ1n) is 11.8. The molecular weight excluding hydrogens is 467 g/mol. The molecule has 1 saturated carbocycles. The number of anilines is 1. The van der Waals surface area contributed by atoms with Gasteiger partial charge in [0.15, 0.2) is 0 Å². The van der Waals surface area contributed by atoms with Gasteiger partial charge in [-0.25, -0.2) is 4.79 Å². The van der Waals surface area contributed by atoms with Gasteiger partial charge in [-0.15, -0.1) is 13.2 Å². The van der Waals surface area contributed by atoms with Gasteiger partial charge in [-0.3, -0.25) is 24.7 Å². The van der Waals surface area contributed by atoms with Crippen LogP contribution in [0.5, 0.6) is 5.75 Å². The number of hydrogen-bond acceptors (Lipinski definition) is 6. The lowest BCUT2D eigenvalue weighted by molar-refractivity contribution is -0.274. The molecule has 1 aromatic carbocycles. The Morgan fingerprint density at radius 3 is 2.26 bits per heavy atom. The highest BCUT2D eigenvalue weighted by Gasteiger charge is 2.31. The number of imide groups is 1. The molecule has 0 aromatic heterocycles. The Morgan fingerprint density at radius 2 is 1.66 bits per heavy atom. The van der Waals surface area contributed by atoms with Crippen LogP contribution in [0.2, 0.25) is 0 Å². The van der Waals surface area contributed by atoms with Gasteiger partial charge in [0.2, 0.25) is 11.8 Å². The summed E-state index contributed by atoms with van der Waals surface area (Å²) < 4.78 is 40.5. The highest BCUT2D eigenvalue weighted by atomic mass is 19.4. The number of carbonyl (C=O) groups is 3. The monoisotopic (exact) mass is 499 g/mol. The molecule has 194 valence electrons. The van der Waals surface area contributed by atoms with Crippen LogP contribution in [0.3, 0.4) is 0 Å². The Balaban J connectivity index is 1.36. The smallest absolute Gasteiger partial charge is 0.406 e. The van der Waals surface area contributed by atoms with Crippen LogP contribution in [0.4, 0.5) is 23.7 Å². The highest BCUT2D eigenvalue weighted by Crippen LogP contribution is 2.24. The van der Waals surface area contributed by atoms with Gasteiger partial charge in [0.1, 0.15) is 5.75 Å². The minimum Gasteiger partial charge on any atom is -0.406 e. The normalized spacial score (nSPS) is 19.0. The first-order chi connectivity index (χ1) is 16.6. The Kier molecular flexibility index (Phi) is 9.33. The van der Waals surface area contributed by atoms with Gasteiger partial charge in [-0.2, -0.15) is 0 Å². The molecule has 0 radical (unpaired) electrons. The van der Waals surface area contributed by atoms with Gasteiger partial charge in [0, 0.05) is 37.9 Å². The molecule has 9 nitrogen and oxygen atoms in total. The maximum Gasteiger partial charge on any atom is 0.573 e. The number of urea groups is 1. The maximum atomic E-state index is 12.5. The molecule has 1 unspecified atom stereocenters. The van der Waals surface area contributed by atoms with Crippen molar-refractivity contribution in [2.75, 3.05) is 38.0 Å². The Labute approximate surface area is 202 Å². The molecule has 1 aromatic rings. The number of piperazine rings is 1. The number of amides is 4. The van der Waals surface area contributed by atoms with E-state index in [0.717, 1.165) is 37.8 Å². The molecular formula is C23H32F3N5O4. The Morgan fingerprint density at radius 1 is 1.03 bits per heavy atom. The van der Waals surface area contributed by atoms with Crippen molar-refractivity contribution in [3.63, 3.8) is 0 Å². The Bertz CT molecular complexity index is 867. The van der Waals surface area contributed by atoms with Crippen LogP contribution in [0.15, 0.2) is 24.3 Å². The van der Waals surface area contributed by atoms with Crippen molar-refractivity contribution in [3.8, 4) is 5.75 Å². The number of ether oxygens (including phenoxy) is 1. The molecule has 0 spiro atoms. The number of alkyl halides is 3. The summed E-state index contributed by atoms with van der Waals surface area (Å²) in [7, 11) is 0. The molecule has 2 aliphatic rings. The number of benzene rings is 1. The number of halogens is 3.